The molecule has 1 aromatic rings. The number of ether oxygens (including phenoxy) is 1. The zero-order valence-corrected chi connectivity index (χ0v) is 14.3. The highest BCUT2D eigenvalue weighted by atomic mass is 16.5. The van der Waals surface area contributed by atoms with Crippen LogP contribution in [0.2, 0.25) is 0 Å². The predicted octanol–water partition coefficient (Wildman–Crippen LogP) is 2.40. The molecule has 0 N–H and O–H groups in total. The Balaban J connectivity index is 1.67. The van der Waals surface area contributed by atoms with E-state index in [1.165, 1.54) is 4.90 Å². The molecule has 2 amide bonds. The number of likely N-dealkylation sites (tertiary alicyclic amines) is 1. The molecule has 5 heteroatoms. The van der Waals surface area contributed by atoms with E-state index in [0.29, 0.717) is 5.88 Å². The van der Waals surface area contributed by atoms with E-state index in [4.69, 9.17) is 4.74 Å². The highest BCUT2D eigenvalue weighted by Gasteiger charge is 2.56. The average molecular weight is 326 g/mol. The zero-order chi connectivity index (χ0) is 17.0. The van der Waals surface area contributed by atoms with Gasteiger partial charge in [0, 0.05) is 11.3 Å². The number of carbonyl (C=O) groups excluding carboxylic acids is 2. The van der Waals surface area contributed by atoms with Crippen molar-refractivity contribution >= 4 is 11.8 Å². The molecule has 2 bridgehead atoms. The molecule has 1 aromatic heterocycles. The molecule has 1 saturated heterocycles. The second-order valence-electron chi connectivity index (χ2n) is 7.17. The van der Waals surface area contributed by atoms with Crippen LogP contribution in [0.25, 0.3) is 0 Å². The summed E-state index contributed by atoms with van der Waals surface area (Å²) in [7, 11) is 1.57. The number of pyridine rings is 1. The van der Waals surface area contributed by atoms with E-state index < -0.39 is 0 Å². The fraction of sp³-hybridized carbons (Fsp3) is 0.526. The van der Waals surface area contributed by atoms with Crippen molar-refractivity contribution in [2.45, 2.75) is 33.2 Å². The molecule has 2 fully saturated rings. The summed E-state index contributed by atoms with van der Waals surface area (Å²) in [5.41, 5.74) is 2.68. The molecule has 4 atom stereocenters. The summed E-state index contributed by atoms with van der Waals surface area (Å²) in [4.78, 5) is 31.7. The van der Waals surface area contributed by atoms with E-state index in [2.05, 4.69) is 17.1 Å². The van der Waals surface area contributed by atoms with Gasteiger partial charge in [0.1, 0.15) is 0 Å². The molecule has 0 aromatic carbocycles. The summed E-state index contributed by atoms with van der Waals surface area (Å²) in [5, 5.41) is 0. The summed E-state index contributed by atoms with van der Waals surface area (Å²) in [6.07, 6.45) is 6.32. The molecule has 4 aliphatic rings. The number of imide groups is 1. The Bertz CT molecular complexity index is 723. The first-order valence-electron chi connectivity index (χ1n) is 8.56. The van der Waals surface area contributed by atoms with Crippen molar-refractivity contribution in [1.29, 1.82) is 0 Å². The molecule has 3 aliphatic carbocycles. The third-order valence-corrected chi connectivity index (χ3v) is 5.80. The zero-order valence-electron chi connectivity index (χ0n) is 14.3. The lowest BCUT2D eigenvalue weighted by Crippen LogP contribution is -2.38. The van der Waals surface area contributed by atoms with E-state index in [9.17, 15) is 9.59 Å². The molecule has 126 valence electrons. The Morgan fingerprint density at radius 3 is 2.21 bits per heavy atom. The molecule has 24 heavy (non-hydrogen) atoms. The topological polar surface area (TPSA) is 59.5 Å². The van der Waals surface area contributed by atoms with Crippen LogP contribution in [0.15, 0.2) is 18.2 Å². The standard InChI is InChI=1S/C19H22N2O3/c1-10-8-11(2)20-17(24-3)14(10)9-21-18(22)15-12-4-5-13(7-6-12)16(15)19(21)23/h4-5,8,12-13,15-16H,6-7,9H2,1-3H3. The predicted molar refractivity (Wildman–Crippen MR) is 88.2 cm³/mol. The van der Waals surface area contributed by atoms with Crippen molar-refractivity contribution in [3.05, 3.63) is 35.0 Å². The van der Waals surface area contributed by atoms with Crippen LogP contribution < -0.4 is 4.74 Å². The molecule has 1 saturated carbocycles. The highest BCUT2D eigenvalue weighted by molar-refractivity contribution is 6.06. The molecule has 2 heterocycles. The van der Waals surface area contributed by atoms with Crippen LogP contribution in [0.1, 0.15) is 29.7 Å². The fourth-order valence-corrected chi connectivity index (χ4v) is 4.64. The Labute approximate surface area is 141 Å². The number of aromatic nitrogens is 1. The number of nitrogens with zero attached hydrogens (tertiary/aromatic N) is 2. The Morgan fingerprint density at radius 2 is 1.71 bits per heavy atom. The van der Waals surface area contributed by atoms with Crippen LogP contribution in [-0.2, 0) is 16.1 Å². The molecule has 4 unspecified atom stereocenters. The minimum absolute atomic E-state index is 0.0221. The molecular formula is C19H22N2O3. The lowest BCUT2D eigenvalue weighted by molar-refractivity contribution is -0.140. The summed E-state index contributed by atoms with van der Waals surface area (Å²) in [5.74, 6) is 0.583. The van der Waals surface area contributed by atoms with E-state index in [1.807, 2.05) is 19.9 Å². The van der Waals surface area contributed by atoms with Crippen molar-refractivity contribution in [1.82, 2.24) is 9.88 Å². The number of hydrogen-bond donors (Lipinski definition) is 0. The summed E-state index contributed by atoms with van der Waals surface area (Å²) in [6.45, 7) is 4.13. The molecule has 0 radical (unpaired) electrons. The third-order valence-electron chi connectivity index (χ3n) is 5.80. The Hall–Kier alpha value is -2.17. The number of rotatable bonds is 3. The van der Waals surface area contributed by atoms with Gasteiger partial charge >= 0.3 is 0 Å². The molecule has 1 aliphatic heterocycles. The van der Waals surface area contributed by atoms with Gasteiger partial charge in [0.25, 0.3) is 0 Å². The van der Waals surface area contributed by atoms with E-state index in [1.54, 1.807) is 7.11 Å². The number of fused-ring (bicyclic) bond motifs is 1. The summed E-state index contributed by atoms with van der Waals surface area (Å²) >= 11 is 0. The maximum Gasteiger partial charge on any atom is 0.234 e. The third kappa shape index (κ3) is 2.10. The van der Waals surface area contributed by atoms with E-state index in [0.717, 1.165) is 29.7 Å². The first-order chi connectivity index (χ1) is 11.5. The minimum atomic E-state index is -0.161. The smallest absolute Gasteiger partial charge is 0.234 e. The van der Waals surface area contributed by atoms with Crippen LogP contribution in [0.5, 0.6) is 5.88 Å². The first kappa shape index (κ1) is 15.4. The van der Waals surface area contributed by atoms with E-state index >= 15 is 0 Å². The monoisotopic (exact) mass is 326 g/mol. The highest BCUT2D eigenvalue weighted by Crippen LogP contribution is 2.50. The number of amides is 2. The maximum absolute atomic E-state index is 12.9. The van der Waals surface area contributed by atoms with Gasteiger partial charge in [-0.3, -0.25) is 14.5 Å². The van der Waals surface area contributed by atoms with Gasteiger partial charge in [0.15, 0.2) is 0 Å². The number of aryl methyl sites for hydroxylation is 2. The quantitative estimate of drug-likeness (QED) is 0.632. The second kappa shape index (κ2) is 5.43. The van der Waals surface area contributed by atoms with Crippen LogP contribution in [0.4, 0.5) is 0 Å². The average Bonchev–Trinajstić information content (AvgIpc) is 2.84. The van der Waals surface area contributed by atoms with Crippen molar-refractivity contribution < 1.29 is 14.3 Å². The summed E-state index contributed by atoms with van der Waals surface area (Å²) < 4.78 is 5.39. The van der Waals surface area contributed by atoms with Crippen molar-refractivity contribution in [2.24, 2.45) is 23.7 Å². The van der Waals surface area contributed by atoms with Gasteiger partial charge in [-0.1, -0.05) is 12.2 Å². The van der Waals surface area contributed by atoms with Gasteiger partial charge in [-0.2, -0.15) is 0 Å². The molecule has 5 rings (SSSR count). The maximum atomic E-state index is 12.9. The lowest BCUT2D eigenvalue weighted by atomic mass is 9.63. The van der Waals surface area contributed by atoms with Crippen LogP contribution >= 0.6 is 0 Å². The van der Waals surface area contributed by atoms with Gasteiger partial charge < -0.3 is 4.74 Å². The van der Waals surface area contributed by atoms with Crippen LogP contribution in [0, 0.1) is 37.5 Å². The van der Waals surface area contributed by atoms with Gasteiger partial charge in [-0.25, -0.2) is 4.98 Å². The van der Waals surface area contributed by atoms with Gasteiger partial charge in [-0.05, 0) is 50.2 Å². The van der Waals surface area contributed by atoms with E-state index in [-0.39, 0.29) is 42.0 Å². The van der Waals surface area contributed by atoms with Crippen molar-refractivity contribution in [2.75, 3.05) is 7.11 Å². The van der Waals surface area contributed by atoms with Crippen molar-refractivity contribution in [3.8, 4) is 5.88 Å². The first-order valence-corrected chi connectivity index (χ1v) is 8.56. The van der Waals surface area contributed by atoms with Gasteiger partial charge in [-0.15, -0.1) is 0 Å². The largest absolute Gasteiger partial charge is 0.481 e. The van der Waals surface area contributed by atoms with Crippen molar-refractivity contribution in [3.63, 3.8) is 0 Å². The number of hydrogen-bond acceptors (Lipinski definition) is 4. The van der Waals surface area contributed by atoms with Gasteiger partial charge in [0.2, 0.25) is 17.7 Å². The normalized spacial score (nSPS) is 30.9. The lowest BCUT2D eigenvalue weighted by Gasteiger charge is -2.38. The second-order valence-corrected chi connectivity index (χ2v) is 7.17. The molecule has 0 spiro atoms. The summed E-state index contributed by atoms with van der Waals surface area (Å²) in [6, 6.07) is 1.96. The van der Waals surface area contributed by atoms with Gasteiger partial charge in [0.05, 0.1) is 25.5 Å². The number of carbonyl (C=O) groups is 2. The Kier molecular flexibility index (Phi) is 3.48. The molecule has 5 nitrogen and oxygen atoms in total. The molecular weight excluding hydrogens is 304 g/mol. The number of allylic oxidation sites excluding steroid dienone is 2. The minimum Gasteiger partial charge on any atom is -0.481 e. The number of methoxy groups -OCH3 is 1. The van der Waals surface area contributed by atoms with Crippen LogP contribution in [-0.4, -0.2) is 28.8 Å². The fourth-order valence-electron chi connectivity index (χ4n) is 4.64. The Morgan fingerprint density at radius 1 is 1.12 bits per heavy atom. The SMILES string of the molecule is COc1nc(C)cc(C)c1CN1C(=O)C2C3C=CC(CC3)C2C1=O. The van der Waals surface area contributed by atoms with Crippen LogP contribution in [0.3, 0.4) is 0 Å².